The van der Waals surface area contributed by atoms with Gasteiger partial charge >= 0.3 is 23.5 Å². The first-order chi connectivity index (χ1) is 14.0. The summed E-state index contributed by atoms with van der Waals surface area (Å²) >= 11 is 6.27. The van der Waals surface area contributed by atoms with Gasteiger partial charge in [-0.05, 0) is 12.5 Å². The first-order valence-corrected chi connectivity index (χ1v) is 13.2. The van der Waals surface area contributed by atoms with Crippen molar-refractivity contribution in [1.29, 1.82) is 0 Å². The van der Waals surface area contributed by atoms with E-state index in [0.717, 1.165) is 0 Å². The maximum Gasteiger partial charge on any atom is 0.490 e. The van der Waals surface area contributed by atoms with Crippen LogP contribution < -0.4 is 5.73 Å². The van der Waals surface area contributed by atoms with Gasteiger partial charge in [-0.15, -0.1) is 11.6 Å². The number of rotatable bonds is 9. The molecule has 0 aromatic heterocycles. The van der Waals surface area contributed by atoms with E-state index in [9.17, 15) is 28.6 Å². The SMILES string of the molecule is C=C1N=C(N)C=CN1[C@@H]1O[C@](CC)(COP(=O)(O)OP(=O)(O)OP(=O)(O)O)[C@@H](O)[C@H]1Cl. The quantitative estimate of drug-likeness (QED) is 0.177. The number of nitrogens with zero attached hydrogens (tertiary/aromatic N) is 2. The number of nitrogens with two attached hydrogens (primary N) is 1. The van der Waals surface area contributed by atoms with Gasteiger partial charge in [-0.1, -0.05) is 13.5 Å². The van der Waals surface area contributed by atoms with Crippen LogP contribution in [0, 0.1) is 0 Å². The number of hydrogen-bond acceptors (Lipinski definition) is 11. The van der Waals surface area contributed by atoms with Gasteiger partial charge in [0.2, 0.25) is 0 Å². The smallest absolute Gasteiger partial charge is 0.388 e. The summed E-state index contributed by atoms with van der Waals surface area (Å²) in [5, 5.41) is 9.50. The molecule has 0 spiro atoms. The van der Waals surface area contributed by atoms with Gasteiger partial charge in [0.15, 0.2) is 6.23 Å². The van der Waals surface area contributed by atoms with E-state index in [1.807, 2.05) is 0 Å². The zero-order valence-electron chi connectivity index (χ0n) is 15.8. The molecule has 0 aromatic rings. The number of phosphoric acid groups is 3. The van der Waals surface area contributed by atoms with Crippen molar-refractivity contribution in [2.45, 2.75) is 36.7 Å². The first kappa shape index (κ1) is 26.6. The number of ether oxygens (including phenoxy) is 1. The molecule has 0 aliphatic carbocycles. The molecule has 2 aliphatic rings. The number of amidine groups is 1. The fourth-order valence-electron chi connectivity index (χ4n) is 2.76. The van der Waals surface area contributed by atoms with Crippen LogP contribution in [0.4, 0.5) is 0 Å². The Balaban J connectivity index is 2.14. The van der Waals surface area contributed by atoms with Crippen LogP contribution >= 0.6 is 35.1 Å². The minimum atomic E-state index is -5.69. The Kier molecular flexibility index (Phi) is 8.00. The third kappa shape index (κ3) is 6.68. The molecule has 0 amide bonds. The third-order valence-electron chi connectivity index (χ3n) is 4.19. The second kappa shape index (κ2) is 9.32. The molecule has 2 unspecified atom stereocenters. The van der Waals surface area contributed by atoms with Gasteiger partial charge in [-0.3, -0.25) is 4.52 Å². The molecule has 2 aliphatic heterocycles. The van der Waals surface area contributed by atoms with Crippen LogP contribution in [0.5, 0.6) is 0 Å². The summed E-state index contributed by atoms with van der Waals surface area (Å²) in [6.07, 6.45) is 0.332. The van der Waals surface area contributed by atoms with E-state index < -0.39 is 53.4 Å². The van der Waals surface area contributed by atoms with Crippen LogP contribution in [0.2, 0.25) is 0 Å². The lowest BCUT2D eigenvalue weighted by Crippen LogP contribution is -2.45. The number of aliphatic hydroxyl groups excluding tert-OH is 1. The zero-order chi connectivity index (χ0) is 23.8. The number of hydrogen-bond donors (Lipinski definition) is 6. The van der Waals surface area contributed by atoms with Crippen LogP contribution in [0.1, 0.15) is 13.3 Å². The van der Waals surface area contributed by atoms with E-state index in [2.05, 4.69) is 24.7 Å². The molecule has 178 valence electrons. The lowest BCUT2D eigenvalue weighted by atomic mass is 9.94. The van der Waals surface area contributed by atoms with Crippen LogP contribution in [-0.4, -0.2) is 65.3 Å². The van der Waals surface area contributed by atoms with Gasteiger partial charge in [0.05, 0.1) is 6.61 Å². The van der Waals surface area contributed by atoms with E-state index in [-0.39, 0.29) is 18.1 Å². The largest absolute Gasteiger partial charge is 0.490 e. The molecule has 2 rings (SSSR count). The summed E-state index contributed by atoms with van der Waals surface area (Å²) in [7, 11) is -16.6. The fraction of sp³-hybridized carbons (Fsp3) is 0.583. The summed E-state index contributed by atoms with van der Waals surface area (Å²) in [4.78, 5) is 41.3. The normalized spacial score (nSPS) is 33.1. The second-order valence-electron chi connectivity index (χ2n) is 6.36. The number of aliphatic hydroxyl groups is 1. The summed E-state index contributed by atoms with van der Waals surface area (Å²) in [6.45, 7) is 4.36. The molecule has 2 heterocycles. The van der Waals surface area contributed by atoms with Crippen molar-refractivity contribution >= 4 is 40.9 Å². The van der Waals surface area contributed by atoms with Gasteiger partial charge in [-0.2, -0.15) is 8.62 Å². The monoisotopic (exact) mass is 527 g/mol. The zero-order valence-corrected chi connectivity index (χ0v) is 19.2. The van der Waals surface area contributed by atoms with Crippen molar-refractivity contribution in [3.8, 4) is 0 Å². The summed E-state index contributed by atoms with van der Waals surface area (Å²) < 4.78 is 51.8. The Bertz CT molecular complexity index is 924. The van der Waals surface area contributed by atoms with E-state index >= 15 is 0 Å². The molecule has 1 saturated heterocycles. The molecule has 0 bridgehead atoms. The number of phosphoric ester groups is 1. The van der Waals surface area contributed by atoms with Crippen LogP contribution in [-0.2, 0) is 31.6 Å². The summed E-state index contributed by atoms with van der Waals surface area (Å²) in [5.41, 5.74) is 3.88. The highest BCUT2D eigenvalue weighted by Gasteiger charge is 2.56. The molecule has 7 N–H and O–H groups in total. The Labute approximate surface area is 181 Å². The van der Waals surface area contributed by atoms with Gasteiger partial charge in [0, 0.05) is 6.20 Å². The molecule has 31 heavy (non-hydrogen) atoms. The van der Waals surface area contributed by atoms with Gasteiger partial charge in [0.1, 0.15) is 28.7 Å². The molecule has 0 saturated carbocycles. The highest BCUT2D eigenvalue weighted by molar-refractivity contribution is 7.66. The number of aliphatic imine (C=N–C) groups is 1. The molecule has 1 fully saturated rings. The van der Waals surface area contributed by atoms with Crippen molar-refractivity contribution in [1.82, 2.24) is 4.90 Å². The van der Waals surface area contributed by atoms with Crippen molar-refractivity contribution < 1.29 is 56.3 Å². The minimum Gasteiger partial charge on any atom is -0.388 e. The molecule has 6 atom stereocenters. The standard InChI is InChI=1S/C12H21ClN3O12P3/c1-3-12(6-25-30(21,22)28-31(23,24)27-29(18,19)20)10(17)9(13)11(26-12)16-5-4-8(14)15-7(16)2/h4-5,9-11,17H,2-3,6H2,1H3,(H2,14,15)(H,21,22)(H,23,24)(H2,18,19,20)/t9-,10+,11-,12-/m1/s1. The number of alkyl halides is 1. The molecular formula is C12H21ClN3O12P3. The number of halogens is 1. The maximum absolute atomic E-state index is 12.0. The topological polar surface area (TPSA) is 231 Å². The van der Waals surface area contributed by atoms with E-state index in [4.69, 9.17) is 31.9 Å². The Hall–Kier alpha value is -0.630. The highest BCUT2D eigenvalue weighted by atomic mass is 35.5. The molecule has 15 nitrogen and oxygen atoms in total. The molecule has 0 radical (unpaired) electrons. The third-order valence-corrected chi connectivity index (χ3v) is 8.43. The van der Waals surface area contributed by atoms with Gasteiger partial charge in [-0.25, -0.2) is 18.7 Å². The fourth-order valence-corrected chi connectivity index (χ4v) is 6.24. The van der Waals surface area contributed by atoms with Gasteiger partial charge < -0.3 is 40.1 Å². The average molecular weight is 528 g/mol. The van der Waals surface area contributed by atoms with Crippen molar-refractivity contribution in [3.63, 3.8) is 0 Å². The average Bonchev–Trinajstić information content (AvgIpc) is 2.82. The maximum atomic E-state index is 12.0. The predicted molar refractivity (Wildman–Crippen MR) is 105 cm³/mol. The Morgan fingerprint density at radius 1 is 1.29 bits per heavy atom. The van der Waals surface area contributed by atoms with E-state index in [1.165, 1.54) is 24.1 Å². The first-order valence-electron chi connectivity index (χ1n) is 8.29. The lowest BCUT2D eigenvalue weighted by Gasteiger charge is -2.33. The van der Waals surface area contributed by atoms with Crippen LogP contribution in [0.15, 0.2) is 29.7 Å². The summed E-state index contributed by atoms with van der Waals surface area (Å²) in [6, 6.07) is 0. The van der Waals surface area contributed by atoms with Crippen molar-refractivity contribution in [2.75, 3.05) is 6.61 Å². The van der Waals surface area contributed by atoms with E-state index in [0.29, 0.717) is 0 Å². The molecule has 19 heteroatoms. The molecular weight excluding hydrogens is 507 g/mol. The second-order valence-corrected chi connectivity index (χ2v) is 11.3. The van der Waals surface area contributed by atoms with Crippen LogP contribution in [0.25, 0.3) is 0 Å². The lowest BCUT2D eigenvalue weighted by molar-refractivity contribution is -0.133. The predicted octanol–water partition coefficient (Wildman–Crippen LogP) is 0.461. The molecule has 0 aromatic carbocycles. The van der Waals surface area contributed by atoms with Crippen molar-refractivity contribution in [3.05, 3.63) is 24.7 Å². The Morgan fingerprint density at radius 2 is 1.90 bits per heavy atom. The Morgan fingerprint density at radius 3 is 2.42 bits per heavy atom. The van der Waals surface area contributed by atoms with E-state index in [1.54, 1.807) is 0 Å². The van der Waals surface area contributed by atoms with Gasteiger partial charge in [0.25, 0.3) is 0 Å². The van der Waals surface area contributed by atoms with Crippen molar-refractivity contribution in [2.24, 2.45) is 10.7 Å². The minimum absolute atomic E-state index is 0.0148. The highest BCUT2D eigenvalue weighted by Crippen LogP contribution is 2.66. The van der Waals surface area contributed by atoms with Crippen LogP contribution in [0.3, 0.4) is 0 Å². The summed E-state index contributed by atoms with van der Waals surface area (Å²) in [5.74, 6) is 0.308.